The number of nitriles is 1. The second-order valence-corrected chi connectivity index (χ2v) is 7.79. The third-order valence-corrected chi connectivity index (χ3v) is 5.67. The molecule has 0 aromatic heterocycles. The minimum absolute atomic E-state index is 0.104. The van der Waals surface area contributed by atoms with Gasteiger partial charge in [0.25, 0.3) is 17.4 Å². The van der Waals surface area contributed by atoms with Gasteiger partial charge in [-0.2, -0.15) is 5.26 Å². The van der Waals surface area contributed by atoms with E-state index in [0.717, 1.165) is 0 Å². The number of ether oxygens (including phenoxy) is 1. The number of aliphatic hydroxyl groups is 1. The van der Waals surface area contributed by atoms with Crippen molar-refractivity contribution in [2.24, 2.45) is 0 Å². The summed E-state index contributed by atoms with van der Waals surface area (Å²) in [6.07, 6.45) is 0. The summed E-state index contributed by atoms with van der Waals surface area (Å²) < 4.78 is 5.46. The number of Topliss-reactive ketones (excluding diaryl/α,β-unsaturated/α-hetero) is 1. The Balaban J connectivity index is 1.93. The number of rotatable bonds is 6. The predicted octanol–water partition coefficient (Wildman–Crippen LogP) is 4.20. The molecule has 0 radical (unpaired) electrons. The molecule has 3 aromatic carbocycles. The van der Waals surface area contributed by atoms with Crippen LogP contribution < -0.4 is 9.64 Å². The van der Waals surface area contributed by atoms with Gasteiger partial charge in [0.2, 0.25) is 0 Å². The molecule has 3 aromatic rings. The van der Waals surface area contributed by atoms with Gasteiger partial charge in [0, 0.05) is 23.4 Å². The molecular formula is C26H19N3O7. The van der Waals surface area contributed by atoms with Gasteiger partial charge in [-0.05, 0) is 61.0 Å². The summed E-state index contributed by atoms with van der Waals surface area (Å²) in [5, 5.41) is 41.4. The maximum Gasteiger partial charge on any atom is 0.300 e. The van der Waals surface area contributed by atoms with Crippen molar-refractivity contribution >= 4 is 28.8 Å². The average Bonchev–Trinajstić information content (AvgIpc) is 3.15. The van der Waals surface area contributed by atoms with Crippen LogP contribution in [0.5, 0.6) is 11.5 Å². The van der Waals surface area contributed by atoms with Crippen molar-refractivity contribution in [3.63, 3.8) is 0 Å². The van der Waals surface area contributed by atoms with Crippen LogP contribution in [0.2, 0.25) is 0 Å². The number of aliphatic hydroxyl groups excluding tert-OH is 1. The van der Waals surface area contributed by atoms with Crippen molar-refractivity contribution in [2.45, 2.75) is 13.0 Å². The van der Waals surface area contributed by atoms with Gasteiger partial charge in [0.1, 0.15) is 5.76 Å². The van der Waals surface area contributed by atoms with Crippen LogP contribution in [-0.2, 0) is 9.59 Å². The van der Waals surface area contributed by atoms with Gasteiger partial charge in [-0.1, -0.05) is 6.07 Å². The molecule has 10 heteroatoms. The highest BCUT2D eigenvalue weighted by Gasteiger charge is 2.47. The summed E-state index contributed by atoms with van der Waals surface area (Å²) in [7, 11) is 0. The molecule has 4 rings (SSSR count). The fourth-order valence-electron chi connectivity index (χ4n) is 3.98. The number of phenols is 1. The first-order valence-electron chi connectivity index (χ1n) is 10.8. The lowest BCUT2D eigenvalue weighted by Crippen LogP contribution is -2.29. The smallest absolute Gasteiger partial charge is 0.300 e. The first-order chi connectivity index (χ1) is 17.3. The second kappa shape index (κ2) is 9.60. The van der Waals surface area contributed by atoms with E-state index in [1.54, 1.807) is 6.92 Å². The van der Waals surface area contributed by atoms with Gasteiger partial charge in [0.05, 0.1) is 34.8 Å². The Morgan fingerprint density at radius 3 is 2.36 bits per heavy atom. The van der Waals surface area contributed by atoms with E-state index in [2.05, 4.69) is 0 Å². The number of anilines is 1. The normalized spacial score (nSPS) is 16.6. The predicted molar refractivity (Wildman–Crippen MR) is 128 cm³/mol. The molecule has 1 aliphatic heterocycles. The van der Waals surface area contributed by atoms with E-state index in [4.69, 9.17) is 10.00 Å². The number of carbonyl (C=O) groups is 2. The van der Waals surface area contributed by atoms with Gasteiger partial charge >= 0.3 is 0 Å². The Bertz CT molecular complexity index is 1440. The lowest BCUT2D eigenvalue weighted by Gasteiger charge is -2.26. The Labute approximate surface area is 205 Å². The van der Waals surface area contributed by atoms with Gasteiger partial charge in [0.15, 0.2) is 11.5 Å². The fourth-order valence-corrected chi connectivity index (χ4v) is 3.98. The van der Waals surface area contributed by atoms with E-state index >= 15 is 0 Å². The van der Waals surface area contributed by atoms with E-state index < -0.39 is 28.4 Å². The minimum Gasteiger partial charge on any atom is -0.507 e. The SMILES string of the molecule is CCOc1cc(C2/C(=C(/O)c3ccc([N+](=O)[O-])cc3)C(=O)C(=O)N2c2ccc(C#N)cc2)ccc1O. The number of ketones is 1. The zero-order valence-electron chi connectivity index (χ0n) is 18.9. The first-order valence-corrected chi connectivity index (χ1v) is 10.8. The van der Waals surface area contributed by atoms with Crippen LogP contribution in [-0.4, -0.2) is 33.4 Å². The molecule has 0 aliphatic carbocycles. The second-order valence-electron chi connectivity index (χ2n) is 7.79. The molecule has 36 heavy (non-hydrogen) atoms. The maximum atomic E-state index is 13.2. The van der Waals surface area contributed by atoms with E-state index in [9.17, 15) is 29.9 Å². The molecule has 1 heterocycles. The number of benzene rings is 3. The molecule has 1 amide bonds. The summed E-state index contributed by atoms with van der Waals surface area (Å²) in [6, 6.07) is 16.1. The van der Waals surface area contributed by atoms with Crippen molar-refractivity contribution in [2.75, 3.05) is 11.5 Å². The molecule has 0 saturated carbocycles. The van der Waals surface area contributed by atoms with Gasteiger partial charge in [-0.25, -0.2) is 0 Å². The highest BCUT2D eigenvalue weighted by molar-refractivity contribution is 6.51. The topological polar surface area (TPSA) is 154 Å². The number of amides is 1. The van der Waals surface area contributed by atoms with Crippen molar-refractivity contribution in [1.29, 1.82) is 5.26 Å². The van der Waals surface area contributed by atoms with Crippen molar-refractivity contribution in [1.82, 2.24) is 0 Å². The Hall–Kier alpha value is -5.17. The number of phenolic OH excluding ortho intramolecular Hbond substituents is 1. The number of nitro benzene ring substituents is 1. The highest BCUT2D eigenvalue weighted by atomic mass is 16.6. The van der Waals surface area contributed by atoms with Crippen LogP contribution in [0.4, 0.5) is 11.4 Å². The van der Waals surface area contributed by atoms with E-state index in [1.807, 2.05) is 6.07 Å². The van der Waals surface area contributed by atoms with Gasteiger partial charge in [-0.3, -0.25) is 24.6 Å². The number of carbonyl (C=O) groups excluding carboxylic acids is 2. The quantitative estimate of drug-likeness (QED) is 0.173. The standard InChI is InChI=1S/C26H19N3O7/c1-2-36-21-13-17(7-12-20(21)30)23-22(24(31)16-5-10-19(11-6-16)29(34)35)25(32)26(33)28(23)18-8-3-15(14-27)4-9-18/h3-13,23,30-31H,2H2,1H3/b24-22-. The molecule has 0 bridgehead atoms. The Kier molecular flexibility index (Phi) is 6.39. The number of nitro groups is 1. The monoisotopic (exact) mass is 485 g/mol. The van der Waals surface area contributed by atoms with Crippen LogP contribution in [0.25, 0.3) is 5.76 Å². The lowest BCUT2D eigenvalue weighted by atomic mass is 9.94. The molecule has 1 atom stereocenters. The summed E-state index contributed by atoms with van der Waals surface area (Å²) in [5.41, 5.74) is 0.666. The molecule has 2 N–H and O–H groups in total. The third-order valence-electron chi connectivity index (χ3n) is 5.67. The van der Waals surface area contributed by atoms with Crippen molar-refractivity contribution in [3.05, 3.63) is 99.1 Å². The summed E-state index contributed by atoms with van der Waals surface area (Å²) in [5.74, 6) is -2.43. The zero-order chi connectivity index (χ0) is 26.0. The average molecular weight is 485 g/mol. The zero-order valence-corrected chi connectivity index (χ0v) is 18.9. The number of aromatic hydroxyl groups is 1. The molecule has 1 saturated heterocycles. The van der Waals surface area contributed by atoms with Gasteiger partial charge < -0.3 is 14.9 Å². The molecule has 0 spiro atoms. The maximum absolute atomic E-state index is 13.2. The summed E-state index contributed by atoms with van der Waals surface area (Å²) in [6.45, 7) is 1.97. The lowest BCUT2D eigenvalue weighted by molar-refractivity contribution is -0.384. The molecule has 10 nitrogen and oxygen atoms in total. The molecular weight excluding hydrogens is 466 g/mol. The molecule has 1 fully saturated rings. The number of nitrogens with zero attached hydrogens (tertiary/aromatic N) is 3. The summed E-state index contributed by atoms with van der Waals surface area (Å²) in [4.78, 5) is 38.0. The Morgan fingerprint density at radius 1 is 1.11 bits per heavy atom. The highest BCUT2D eigenvalue weighted by Crippen LogP contribution is 2.44. The van der Waals surface area contributed by atoms with Crippen LogP contribution in [0.3, 0.4) is 0 Å². The van der Waals surface area contributed by atoms with Crippen LogP contribution >= 0.6 is 0 Å². The van der Waals surface area contributed by atoms with Gasteiger partial charge in [-0.15, -0.1) is 0 Å². The number of non-ortho nitro benzene ring substituents is 1. The van der Waals surface area contributed by atoms with Crippen LogP contribution in [0, 0.1) is 21.4 Å². The van der Waals surface area contributed by atoms with Crippen molar-refractivity contribution in [3.8, 4) is 17.6 Å². The molecule has 180 valence electrons. The van der Waals surface area contributed by atoms with Crippen molar-refractivity contribution < 1.29 is 29.5 Å². The minimum atomic E-state index is -1.12. The third kappa shape index (κ3) is 4.21. The van der Waals surface area contributed by atoms with Crippen LogP contribution in [0.15, 0.2) is 72.3 Å². The first kappa shape index (κ1) is 24.0. The Morgan fingerprint density at radius 2 is 1.78 bits per heavy atom. The van der Waals surface area contributed by atoms with E-state index in [-0.39, 0.29) is 34.9 Å². The number of hydrogen-bond acceptors (Lipinski definition) is 8. The fraction of sp³-hybridized carbons (Fsp3) is 0.115. The molecule has 1 aliphatic rings. The van der Waals surface area contributed by atoms with E-state index in [1.165, 1.54) is 71.6 Å². The summed E-state index contributed by atoms with van der Waals surface area (Å²) >= 11 is 0. The number of hydrogen-bond donors (Lipinski definition) is 2. The van der Waals surface area contributed by atoms with E-state index in [0.29, 0.717) is 16.8 Å². The van der Waals surface area contributed by atoms with Crippen LogP contribution in [0.1, 0.15) is 29.7 Å². The molecule has 1 unspecified atom stereocenters. The largest absolute Gasteiger partial charge is 0.507 e.